The first kappa shape index (κ1) is 18.2. The highest BCUT2D eigenvalue weighted by atomic mass is 32.2. The van der Waals surface area contributed by atoms with Gasteiger partial charge in [-0.15, -0.1) is 0 Å². The molecule has 0 saturated heterocycles. The summed E-state index contributed by atoms with van der Waals surface area (Å²) in [6.45, 7) is 1.45. The Morgan fingerprint density at radius 1 is 1.07 bits per heavy atom. The lowest BCUT2D eigenvalue weighted by atomic mass is 10.1. The molecule has 0 spiro atoms. The van der Waals surface area contributed by atoms with Crippen molar-refractivity contribution in [3.63, 3.8) is 0 Å². The Morgan fingerprint density at radius 2 is 1.79 bits per heavy atom. The molecule has 2 aromatic carbocycles. The summed E-state index contributed by atoms with van der Waals surface area (Å²) < 4.78 is 25.2. The van der Waals surface area contributed by atoms with Gasteiger partial charge in [0, 0.05) is 25.2 Å². The van der Waals surface area contributed by atoms with Gasteiger partial charge in [-0.2, -0.15) is 0 Å². The first-order valence-electron chi connectivity index (χ1n) is 8.97. The maximum atomic E-state index is 12.6. The van der Waals surface area contributed by atoms with Gasteiger partial charge in [0.05, 0.1) is 28.4 Å². The highest BCUT2D eigenvalue weighted by Crippen LogP contribution is 2.21. The van der Waals surface area contributed by atoms with Crippen LogP contribution in [0.15, 0.2) is 70.7 Å². The van der Waals surface area contributed by atoms with Crippen LogP contribution in [0.25, 0.3) is 0 Å². The number of nitrogens with one attached hydrogen (secondary N) is 2. The van der Waals surface area contributed by atoms with E-state index in [0.29, 0.717) is 19.6 Å². The number of hydrogen-bond donors (Lipinski definition) is 2. The standard InChI is InChI=1S/C20H20N4O3S/c25-20(24-11-10-18-19(13-24)23-14-22-18)21-12-15-6-8-17(9-7-15)28(26,27)16-4-2-1-3-5-16/h1-9,14H,10-13H2,(H,21,25)(H,22,23). The Hall–Kier alpha value is -3.13. The van der Waals surface area contributed by atoms with Gasteiger partial charge in [-0.3, -0.25) is 0 Å². The molecule has 0 unspecified atom stereocenters. The molecule has 1 aromatic heterocycles. The van der Waals surface area contributed by atoms with Crippen molar-refractivity contribution in [1.29, 1.82) is 0 Å². The number of fused-ring (bicyclic) bond motifs is 1. The Balaban J connectivity index is 1.38. The van der Waals surface area contributed by atoms with E-state index in [0.717, 1.165) is 23.4 Å². The lowest BCUT2D eigenvalue weighted by molar-refractivity contribution is 0.191. The second-order valence-corrected chi connectivity index (χ2v) is 8.57. The van der Waals surface area contributed by atoms with Crippen molar-refractivity contribution in [3.05, 3.63) is 77.9 Å². The van der Waals surface area contributed by atoms with Crippen molar-refractivity contribution in [2.75, 3.05) is 6.54 Å². The molecule has 1 aliphatic rings. The molecule has 7 nitrogen and oxygen atoms in total. The van der Waals surface area contributed by atoms with Crippen LogP contribution in [0.2, 0.25) is 0 Å². The van der Waals surface area contributed by atoms with Crippen LogP contribution in [0, 0.1) is 0 Å². The molecular formula is C20H20N4O3S. The van der Waals surface area contributed by atoms with E-state index in [1.807, 2.05) is 0 Å². The third-order valence-corrected chi connectivity index (χ3v) is 6.58. The Bertz CT molecular complexity index is 1080. The van der Waals surface area contributed by atoms with Gasteiger partial charge in [0.2, 0.25) is 9.84 Å². The number of carbonyl (C=O) groups is 1. The summed E-state index contributed by atoms with van der Waals surface area (Å²) in [5, 5.41) is 2.88. The van der Waals surface area contributed by atoms with Crippen molar-refractivity contribution >= 4 is 15.9 Å². The Kier molecular flexibility index (Phi) is 4.87. The van der Waals surface area contributed by atoms with Gasteiger partial charge >= 0.3 is 6.03 Å². The first-order valence-corrected chi connectivity index (χ1v) is 10.5. The van der Waals surface area contributed by atoms with Crippen molar-refractivity contribution in [3.8, 4) is 0 Å². The Labute approximate surface area is 163 Å². The molecule has 3 aromatic rings. The number of amides is 2. The molecule has 8 heteroatoms. The summed E-state index contributed by atoms with van der Waals surface area (Å²) in [6.07, 6.45) is 2.41. The van der Waals surface area contributed by atoms with Gasteiger partial charge in [-0.05, 0) is 29.8 Å². The van der Waals surface area contributed by atoms with Crippen molar-refractivity contribution < 1.29 is 13.2 Å². The number of sulfone groups is 1. The van der Waals surface area contributed by atoms with Gasteiger partial charge in [0.25, 0.3) is 0 Å². The largest absolute Gasteiger partial charge is 0.348 e. The van der Waals surface area contributed by atoms with E-state index in [1.54, 1.807) is 65.8 Å². The van der Waals surface area contributed by atoms with Crippen LogP contribution < -0.4 is 5.32 Å². The van der Waals surface area contributed by atoms with E-state index in [2.05, 4.69) is 15.3 Å². The minimum Gasteiger partial charge on any atom is -0.348 e. The molecule has 4 rings (SSSR count). The highest BCUT2D eigenvalue weighted by Gasteiger charge is 2.22. The van der Waals surface area contributed by atoms with Gasteiger partial charge in [0.1, 0.15) is 0 Å². The van der Waals surface area contributed by atoms with Crippen molar-refractivity contribution in [2.45, 2.75) is 29.3 Å². The van der Waals surface area contributed by atoms with E-state index in [-0.39, 0.29) is 15.8 Å². The number of aromatic nitrogens is 2. The van der Waals surface area contributed by atoms with E-state index in [1.165, 1.54) is 0 Å². The Morgan fingerprint density at radius 3 is 2.54 bits per heavy atom. The van der Waals surface area contributed by atoms with Crippen LogP contribution in [0.4, 0.5) is 4.79 Å². The summed E-state index contributed by atoms with van der Waals surface area (Å²) >= 11 is 0. The molecule has 0 fully saturated rings. The third kappa shape index (κ3) is 3.63. The second kappa shape index (κ2) is 7.47. The lowest BCUT2D eigenvalue weighted by Gasteiger charge is -2.26. The van der Waals surface area contributed by atoms with Crippen LogP contribution in [0.1, 0.15) is 17.0 Å². The second-order valence-electron chi connectivity index (χ2n) is 6.62. The predicted molar refractivity (Wildman–Crippen MR) is 103 cm³/mol. The SMILES string of the molecule is O=C(NCc1ccc(S(=O)(=O)c2ccccc2)cc1)N1CCc2[nH]cnc2C1. The van der Waals surface area contributed by atoms with Crippen LogP contribution in [0.3, 0.4) is 0 Å². The number of carbonyl (C=O) groups excluding carboxylic acids is 1. The van der Waals surface area contributed by atoms with Gasteiger partial charge in [0.15, 0.2) is 0 Å². The number of nitrogens with zero attached hydrogens (tertiary/aromatic N) is 2. The summed E-state index contributed by atoms with van der Waals surface area (Å²) in [5.74, 6) is 0. The monoisotopic (exact) mass is 396 g/mol. The molecule has 0 radical (unpaired) electrons. The number of imidazole rings is 1. The third-order valence-electron chi connectivity index (χ3n) is 4.80. The minimum atomic E-state index is -3.53. The normalized spacial score (nSPS) is 13.8. The number of aromatic amines is 1. The van der Waals surface area contributed by atoms with Crippen LogP contribution >= 0.6 is 0 Å². The fourth-order valence-corrected chi connectivity index (χ4v) is 4.48. The molecule has 0 bridgehead atoms. The van der Waals surface area contributed by atoms with E-state index >= 15 is 0 Å². The van der Waals surface area contributed by atoms with Crippen molar-refractivity contribution in [1.82, 2.24) is 20.2 Å². The zero-order valence-corrected chi connectivity index (χ0v) is 15.9. The zero-order chi connectivity index (χ0) is 19.6. The van der Waals surface area contributed by atoms with Crippen LogP contribution in [-0.2, 0) is 29.3 Å². The number of rotatable bonds is 4. The number of benzene rings is 2. The molecule has 2 amide bonds. The van der Waals surface area contributed by atoms with Crippen molar-refractivity contribution in [2.24, 2.45) is 0 Å². The maximum Gasteiger partial charge on any atom is 0.318 e. The molecule has 0 saturated carbocycles. The summed E-state index contributed by atoms with van der Waals surface area (Å²) in [4.78, 5) is 21.9. The average molecular weight is 396 g/mol. The van der Waals surface area contributed by atoms with E-state index in [4.69, 9.17) is 0 Å². The quantitative estimate of drug-likeness (QED) is 0.708. The fraction of sp³-hybridized carbons (Fsp3) is 0.200. The fourth-order valence-electron chi connectivity index (χ4n) is 3.19. The molecule has 144 valence electrons. The lowest BCUT2D eigenvalue weighted by Crippen LogP contribution is -2.42. The van der Waals surface area contributed by atoms with E-state index in [9.17, 15) is 13.2 Å². The van der Waals surface area contributed by atoms with Gasteiger partial charge in [-0.25, -0.2) is 18.2 Å². The molecule has 1 aliphatic heterocycles. The van der Waals surface area contributed by atoms with Gasteiger partial charge < -0.3 is 15.2 Å². The van der Waals surface area contributed by atoms with Crippen LogP contribution in [0.5, 0.6) is 0 Å². The molecule has 28 heavy (non-hydrogen) atoms. The number of urea groups is 1. The minimum absolute atomic E-state index is 0.158. The molecule has 0 atom stereocenters. The summed E-state index contributed by atoms with van der Waals surface area (Å²) in [6, 6.07) is 14.7. The topological polar surface area (TPSA) is 95.2 Å². The zero-order valence-electron chi connectivity index (χ0n) is 15.1. The molecule has 2 N–H and O–H groups in total. The number of hydrogen-bond acceptors (Lipinski definition) is 4. The molecule has 2 heterocycles. The number of H-pyrrole nitrogens is 1. The van der Waals surface area contributed by atoms with Gasteiger partial charge in [-0.1, -0.05) is 30.3 Å². The highest BCUT2D eigenvalue weighted by molar-refractivity contribution is 7.91. The summed E-state index contributed by atoms with van der Waals surface area (Å²) in [7, 11) is -3.53. The predicted octanol–water partition coefficient (Wildman–Crippen LogP) is 2.51. The average Bonchev–Trinajstić information content (AvgIpc) is 3.21. The van der Waals surface area contributed by atoms with Crippen LogP contribution in [-0.4, -0.2) is 35.9 Å². The smallest absolute Gasteiger partial charge is 0.318 e. The molecular weight excluding hydrogens is 376 g/mol. The first-order chi connectivity index (χ1) is 13.5. The maximum absolute atomic E-state index is 12.6. The van der Waals surface area contributed by atoms with E-state index < -0.39 is 9.84 Å². The molecule has 0 aliphatic carbocycles. The summed E-state index contributed by atoms with van der Waals surface area (Å²) in [5.41, 5.74) is 2.81.